The highest BCUT2D eigenvalue weighted by molar-refractivity contribution is 4.92. The average Bonchev–Trinajstić information content (AvgIpc) is 4.11. The van der Waals surface area contributed by atoms with Gasteiger partial charge in [-0.2, -0.15) is 26.3 Å². The lowest BCUT2D eigenvalue weighted by Crippen LogP contribution is -2.34. The van der Waals surface area contributed by atoms with Crippen molar-refractivity contribution in [3.8, 4) is 0 Å². The first-order chi connectivity index (χ1) is 38.1. The van der Waals surface area contributed by atoms with E-state index in [1.807, 2.05) is 48.5 Å². The molecule has 0 N–H and O–H groups in total. The van der Waals surface area contributed by atoms with Crippen molar-refractivity contribution < 1.29 is 38.7 Å². The maximum atomic E-state index is 11.5. The van der Waals surface area contributed by atoms with Gasteiger partial charge in [0.2, 0.25) is 0 Å². The summed E-state index contributed by atoms with van der Waals surface area (Å²) in [5.74, 6) is 1.58. The summed E-state index contributed by atoms with van der Waals surface area (Å²) >= 11 is 0. The van der Waals surface area contributed by atoms with E-state index in [-0.39, 0.29) is 35.0 Å². The molecule has 2 atom stereocenters. The van der Waals surface area contributed by atoms with Crippen LogP contribution in [-0.4, -0.2) is 12.4 Å². The van der Waals surface area contributed by atoms with Crippen LogP contribution in [0, 0.1) is 73.9 Å². The Balaban J connectivity index is -0.000000440. The van der Waals surface area contributed by atoms with E-state index in [2.05, 4.69) is 55.4 Å². The van der Waals surface area contributed by atoms with Crippen LogP contribution >= 0.6 is 0 Å². The van der Waals surface area contributed by atoms with Gasteiger partial charge in [-0.05, 0) is 138 Å². The second-order valence-corrected chi connectivity index (χ2v) is 30.3. The molecule has 0 aliphatic heterocycles. The van der Waals surface area contributed by atoms with Crippen molar-refractivity contribution in [2.24, 2.45) is 73.9 Å². The summed E-state index contributed by atoms with van der Waals surface area (Å²) in [5, 5.41) is 0. The van der Waals surface area contributed by atoms with Crippen LogP contribution in [-0.2, 0) is 0 Å². The van der Waals surface area contributed by atoms with E-state index >= 15 is 0 Å². The number of hydrogen-bond acceptors (Lipinski definition) is 0. The van der Waals surface area contributed by atoms with Gasteiger partial charge in [0.05, 0.1) is 0 Å². The monoisotopic (exact) mass is 1120 g/mol. The van der Waals surface area contributed by atoms with Crippen molar-refractivity contribution in [1.29, 1.82) is 0 Å². The lowest BCUT2D eigenvalue weighted by atomic mass is 9.59. The highest BCUT2D eigenvalue weighted by Gasteiger charge is 2.40. The quantitative estimate of drug-likeness (QED) is 0.241. The van der Waals surface area contributed by atoms with E-state index in [9.17, 15) is 26.3 Å². The van der Waals surface area contributed by atoms with Crippen LogP contribution in [0.5, 0.6) is 0 Å². The molecule has 470 valence electrons. The lowest BCUT2D eigenvalue weighted by molar-refractivity contribution is -0.144. The Labute approximate surface area is 495 Å². The molecule has 6 rings (SSSR count). The van der Waals surface area contributed by atoms with Crippen LogP contribution in [0.15, 0.2) is 0 Å². The Morgan fingerprint density at radius 3 is 0.896 bits per heavy atom. The molecule has 0 amide bonds. The smallest absolute Gasteiger partial charge is 0.171 e. The summed E-state index contributed by atoms with van der Waals surface area (Å²) < 4.78 is 133. The number of halogens is 6. The molecule has 2 spiro atoms. The molecule has 6 saturated carbocycles. The topological polar surface area (TPSA) is 0 Å². The minimum atomic E-state index is -3.98. The van der Waals surface area contributed by atoms with Crippen molar-refractivity contribution >= 4 is 0 Å². The molecule has 6 aliphatic carbocycles. The van der Waals surface area contributed by atoms with Gasteiger partial charge in [0.1, 0.15) is 0 Å². The zero-order chi connectivity index (χ0) is 68.9. The SMILES string of the molecule is CC(C)(C)C.CC1CCC2(CC1)CCC(C)(C)CC2.CC1CCC2(CCCC2)CC1.CC[C@H](C)CC(F)(F)F.CC[C@H](C)CC(F)(F)F.[2H]C([2H])(C)C(C)(C)C.[2H]C([2H])(C)C(C)C.[2H]C([2H])([2H])C(C)(C)C.[2H]C1(C)CCCC1.[2H]C1(C)CCCCC1. The first-order valence-corrected chi connectivity index (χ1v) is 31.7. The average molecular weight is 1120 g/mol. The first kappa shape index (κ1) is 65.7. The highest BCUT2D eigenvalue weighted by atomic mass is 19.4. The number of rotatable bonds is 5. The van der Waals surface area contributed by atoms with Crippen LogP contribution in [0.1, 0.15) is 384 Å². The number of hydrogen-bond donors (Lipinski definition) is 0. The van der Waals surface area contributed by atoms with E-state index in [0.29, 0.717) is 23.7 Å². The minimum Gasteiger partial charge on any atom is -0.171 e. The Morgan fingerprint density at radius 1 is 0.455 bits per heavy atom. The molecular weight excluding hydrogens is 967 g/mol. The third-order valence-corrected chi connectivity index (χ3v) is 16.0. The fourth-order valence-corrected chi connectivity index (χ4v) is 9.54. The van der Waals surface area contributed by atoms with Gasteiger partial charge < -0.3 is 0 Å². The predicted octanol–water partition coefficient (Wildman–Crippen LogP) is 27.9. The van der Waals surface area contributed by atoms with Crippen LogP contribution in [0.25, 0.3) is 0 Å². The first-order valence-electron chi connectivity index (χ1n) is 36.2. The molecule has 6 heteroatoms. The van der Waals surface area contributed by atoms with Gasteiger partial charge in [-0.3, -0.25) is 0 Å². The molecule has 0 unspecified atom stereocenters. The van der Waals surface area contributed by atoms with Crippen molar-refractivity contribution in [3.63, 3.8) is 0 Å². The van der Waals surface area contributed by atoms with E-state index in [4.69, 9.17) is 12.3 Å². The van der Waals surface area contributed by atoms with Crippen LogP contribution in [0.4, 0.5) is 26.3 Å². The summed E-state index contributed by atoms with van der Waals surface area (Å²) in [6.07, 6.45) is 25.2. The summed E-state index contributed by atoms with van der Waals surface area (Å²) in [6, 6.07) is 0. The maximum absolute atomic E-state index is 11.5. The van der Waals surface area contributed by atoms with Crippen molar-refractivity contribution in [1.82, 2.24) is 0 Å². The Bertz CT molecular complexity index is 1540. The molecule has 0 bridgehead atoms. The molecule has 0 aromatic heterocycles. The Morgan fingerprint density at radius 2 is 0.714 bits per heavy atom. The summed E-state index contributed by atoms with van der Waals surface area (Å²) in [4.78, 5) is 0. The van der Waals surface area contributed by atoms with Gasteiger partial charge in [0.15, 0.2) is 0 Å². The van der Waals surface area contributed by atoms with Crippen LogP contribution < -0.4 is 0 Å². The standard InChI is InChI=1S/C14H26.C11H20.C7H14.2C6H11F3.C6H12.C6H14.3C5H12/c1-12-4-6-14(7-5-12)10-8-13(2,3)9-11-14;1-10-4-8-11(9-5-10)6-2-3-7-11;1-7-5-3-2-4-6-7;2*1-3-5(2)4-6(7,8)9;1-6-4-2-3-5-6;1-5-6(2,3)4;2*1-5(2,3)4;1-4-5(2)3/h12H,4-11H2,1-3H3;10H,2-9H2,1H3;7H,2-6H2,1H3;2*5H,3-4H2,1-2H3;6H,2-5H2,1H3;5H2,1-4H3;2*1-4H3;5H,4H2,1-3H3/t;;;2*5-;;;;;/m...00...../s1/i;;7D;;;6D;5D2;1D3;;4D2. The molecular formula is C71H144F6. The van der Waals surface area contributed by atoms with Crippen molar-refractivity contribution in [3.05, 3.63) is 0 Å². The van der Waals surface area contributed by atoms with Gasteiger partial charge in [0, 0.05) is 25.2 Å². The highest BCUT2D eigenvalue weighted by Crippen LogP contribution is 2.53. The summed E-state index contributed by atoms with van der Waals surface area (Å²) in [5.41, 5.74) is 2.00. The Hall–Kier alpha value is -0.420. The lowest BCUT2D eigenvalue weighted by Gasteiger charge is -2.47. The van der Waals surface area contributed by atoms with Crippen LogP contribution in [0.2, 0.25) is 0 Å². The van der Waals surface area contributed by atoms with Crippen LogP contribution in [0.3, 0.4) is 0 Å². The minimum absolute atomic E-state index is 0.0556. The maximum Gasteiger partial charge on any atom is 0.389 e. The summed E-state index contributed by atoms with van der Waals surface area (Å²) in [7, 11) is 0. The van der Waals surface area contributed by atoms with Gasteiger partial charge in [-0.15, -0.1) is 0 Å². The van der Waals surface area contributed by atoms with E-state index in [1.54, 1.807) is 88.0 Å². The van der Waals surface area contributed by atoms with Gasteiger partial charge in [-0.25, -0.2) is 0 Å². The molecule has 0 heterocycles. The molecule has 77 heavy (non-hydrogen) atoms. The van der Waals surface area contributed by atoms with Crippen molar-refractivity contribution in [2.75, 3.05) is 0 Å². The van der Waals surface area contributed by atoms with Gasteiger partial charge >= 0.3 is 12.4 Å². The molecule has 0 aromatic rings. The fourth-order valence-electron chi connectivity index (χ4n) is 9.54. The second kappa shape index (κ2) is 42.4. The third kappa shape index (κ3) is 63.0. The molecule has 6 aliphatic rings. The normalized spacial score (nSPS) is 24.4. The molecule has 0 saturated heterocycles. The van der Waals surface area contributed by atoms with E-state index < -0.39 is 50.2 Å². The second-order valence-electron chi connectivity index (χ2n) is 30.3. The Kier molecular flexibility index (Phi) is 36.2. The zero-order valence-electron chi connectivity index (χ0n) is 65.2. The number of alkyl halides is 6. The van der Waals surface area contributed by atoms with Gasteiger partial charge in [-0.1, -0.05) is 295 Å². The molecule has 0 nitrogen and oxygen atoms in total. The molecule has 6 fully saturated rings. The molecule has 0 radical (unpaired) electrons. The summed E-state index contributed by atoms with van der Waals surface area (Å²) in [6.45, 7) is 45.3. The molecule has 0 aromatic carbocycles. The third-order valence-electron chi connectivity index (χ3n) is 16.0. The predicted molar refractivity (Wildman–Crippen MR) is 336 cm³/mol. The zero-order valence-corrected chi connectivity index (χ0v) is 56.2. The fraction of sp³-hybridized carbons (Fsp3) is 1.00. The largest absolute Gasteiger partial charge is 0.389 e. The van der Waals surface area contributed by atoms with E-state index in [1.165, 1.54) is 109 Å². The van der Waals surface area contributed by atoms with Gasteiger partial charge in [0.25, 0.3) is 0 Å². The van der Waals surface area contributed by atoms with E-state index in [0.717, 1.165) is 48.3 Å². The van der Waals surface area contributed by atoms with Crippen molar-refractivity contribution in [2.45, 2.75) is 384 Å².